The average Bonchev–Trinajstić information content (AvgIpc) is 2.61. The highest BCUT2D eigenvalue weighted by Crippen LogP contribution is 2.30. The van der Waals surface area contributed by atoms with Crippen molar-refractivity contribution in [1.29, 1.82) is 0 Å². The van der Waals surface area contributed by atoms with Crippen LogP contribution in [0.15, 0.2) is 0 Å². The number of amides is 1. The van der Waals surface area contributed by atoms with E-state index >= 15 is 0 Å². The average molecular weight is 200 g/mol. The standard InChI is InChI=1S/C10H20N2O2/c1-2-3-4-10(5-6-11-7-10)8-12-9(13)14/h11-12H,2-8H2,1H3,(H,13,14)/t10-/m0/s1. The summed E-state index contributed by atoms with van der Waals surface area (Å²) in [5.74, 6) is 0. The molecule has 4 nitrogen and oxygen atoms in total. The molecule has 0 radical (unpaired) electrons. The van der Waals surface area contributed by atoms with Gasteiger partial charge in [-0.3, -0.25) is 0 Å². The number of hydrogen-bond acceptors (Lipinski definition) is 2. The molecule has 4 heteroatoms. The van der Waals surface area contributed by atoms with E-state index in [1.54, 1.807) is 0 Å². The van der Waals surface area contributed by atoms with E-state index in [2.05, 4.69) is 17.6 Å². The van der Waals surface area contributed by atoms with Crippen molar-refractivity contribution in [2.24, 2.45) is 5.41 Å². The summed E-state index contributed by atoms with van der Waals surface area (Å²) in [5.41, 5.74) is 0.175. The fourth-order valence-corrected chi connectivity index (χ4v) is 2.06. The molecule has 1 fully saturated rings. The SMILES string of the molecule is CCCC[C@]1(CNC(=O)O)CCNC1. The van der Waals surface area contributed by atoms with E-state index in [4.69, 9.17) is 5.11 Å². The summed E-state index contributed by atoms with van der Waals surface area (Å²) in [6.07, 6.45) is 3.66. The first-order chi connectivity index (χ1) is 6.68. The van der Waals surface area contributed by atoms with Crippen LogP contribution in [0.5, 0.6) is 0 Å². The maximum absolute atomic E-state index is 10.4. The summed E-state index contributed by atoms with van der Waals surface area (Å²) in [6.45, 7) is 4.73. The molecule has 0 spiro atoms. The van der Waals surface area contributed by atoms with E-state index in [1.807, 2.05) is 0 Å². The first-order valence-electron chi connectivity index (χ1n) is 5.36. The normalized spacial score (nSPS) is 26.4. The van der Waals surface area contributed by atoms with Gasteiger partial charge in [0, 0.05) is 18.5 Å². The second-order valence-electron chi connectivity index (χ2n) is 4.19. The monoisotopic (exact) mass is 200 g/mol. The van der Waals surface area contributed by atoms with E-state index in [0.717, 1.165) is 25.9 Å². The predicted molar refractivity (Wildman–Crippen MR) is 55.5 cm³/mol. The lowest BCUT2D eigenvalue weighted by Crippen LogP contribution is -2.38. The largest absolute Gasteiger partial charge is 0.465 e. The van der Waals surface area contributed by atoms with Crippen LogP contribution in [0.2, 0.25) is 0 Å². The fraction of sp³-hybridized carbons (Fsp3) is 0.900. The zero-order valence-corrected chi connectivity index (χ0v) is 8.81. The van der Waals surface area contributed by atoms with Crippen molar-refractivity contribution in [1.82, 2.24) is 10.6 Å². The van der Waals surface area contributed by atoms with Crippen molar-refractivity contribution in [3.05, 3.63) is 0 Å². The molecule has 1 rings (SSSR count). The summed E-state index contributed by atoms with van der Waals surface area (Å²) in [6, 6.07) is 0. The lowest BCUT2D eigenvalue weighted by atomic mass is 9.82. The summed E-state index contributed by atoms with van der Waals surface area (Å²) in [5, 5.41) is 14.4. The van der Waals surface area contributed by atoms with Gasteiger partial charge in [-0.05, 0) is 19.4 Å². The number of unbranched alkanes of at least 4 members (excludes halogenated alkanes) is 1. The maximum atomic E-state index is 10.4. The Labute approximate surface area is 85.1 Å². The van der Waals surface area contributed by atoms with Crippen molar-refractivity contribution in [3.8, 4) is 0 Å². The topological polar surface area (TPSA) is 61.4 Å². The van der Waals surface area contributed by atoms with E-state index in [0.29, 0.717) is 6.54 Å². The fourth-order valence-electron chi connectivity index (χ4n) is 2.06. The maximum Gasteiger partial charge on any atom is 0.404 e. The van der Waals surface area contributed by atoms with Crippen LogP contribution in [-0.2, 0) is 0 Å². The molecule has 0 aliphatic carbocycles. The Morgan fingerprint density at radius 2 is 2.43 bits per heavy atom. The summed E-state index contributed by atoms with van der Waals surface area (Å²) >= 11 is 0. The molecule has 1 heterocycles. The first kappa shape index (κ1) is 11.3. The molecule has 14 heavy (non-hydrogen) atoms. The quantitative estimate of drug-likeness (QED) is 0.629. The van der Waals surface area contributed by atoms with Gasteiger partial charge >= 0.3 is 6.09 Å². The number of rotatable bonds is 5. The number of hydrogen-bond donors (Lipinski definition) is 3. The van der Waals surface area contributed by atoms with Gasteiger partial charge in [0.25, 0.3) is 0 Å². The molecular formula is C10H20N2O2. The minimum atomic E-state index is -0.909. The summed E-state index contributed by atoms with van der Waals surface area (Å²) < 4.78 is 0. The molecule has 1 amide bonds. The molecule has 1 atom stereocenters. The van der Waals surface area contributed by atoms with Gasteiger partial charge in [0.2, 0.25) is 0 Å². The third kappa shape index (κ3) is 3.18. The molecule has 0 aromatic carbocycles. The lowest BCUT2D eigenvalue weighted by Gasteiger charge is -2.27. The van der Waals surface area contributed by atoms with E-state index < -0.39 is 6.09 Å². The third-order valence-electron chi connectivity index (χ3n) is 3.01. The van der Waals surface area contributed by atoms with E-state index in [9.17, 15) is 4.79 Å². The number of nitrogens with one attached hydrogen (secondary N) is 2. The van der Waals surface area contributed by atoms with Gasteiger partial charge in [0.15, 0.2) is 0 Å². The van der Waals surface area contributed by atoms with Gasteiger partial charge in [-0.25, -0.2) is 4.79 Å². The molecule has 0 saturated carbocycles. The van der Waals surface area contributed by atoms with Crippen LogP contribution in [0.25, 0.3) is 0 Å². The Morgan fingerprint density at radius 1 is 1.64 bits per heavy atom. The van der Waals surface area contributed by atoms with Crippen LogP contribution in [0.4, 0.5) is 4.79 Å². The number of carbonyl (C=O) groups is 1. The van der Waals surface area contributed by atoms with Crippen molar-refractivity contribution in [2.45, 2.75) is 32.6 Å². The Morgan fingerprint density at radius 3 is 2.93 bits per heavy atom. The highest BCUT2D eigenvalue weighted by Gasteiger charge is 2.33. The molecule has 82 valence electrons. The van der Waals surface area contributed by atoms with E-state index in [-0.39, 0.29) is 5.41 Å². The van der Waals surface area contributed by atoms with Gasteiger partial charge in [0.1, 0.15) is 0 Å². The first-order valence-corrected chi connectivity index (χ1v) is 5.36. The second-order valence-corrected chi connectivity index (χ2v) is 4.19. The molecule has 1 aliphatic heterocycles. The third-order valence-corrected chi connectivity index (χ3v) is 3.01. The smallest absolute Gasteiger partial charge is 0.404 e. The van der Waals surface area contributed by atoms with Crippen molar-refractivity contribution < 1.29 is 9.90 Å². The van der Waals surface area contributed by atoms with Crippen molar-refractivity contribution >= 4 is 6.09 Å². The molecule has 1 aliphatic rings. The lowest BCUT2D eigenvalue weighted by molar-refractivity contribution is 0.183. The van der Waals surface area contributed by atoms with E-state index in [1.165, 1.54) is 12.8 Å². The zero-order chi connectivity index (χ0) is 10.4. The Hall–Kier alpha value is -0.770. The second kappa shape index (κ2) is 5.20. The van der Waals surface area contributed by atoms with Crippen LogP contribution >= 0.6 is 0 Å². The van der Waals surface area contributed by atoms with Crippen LogP contribution in [0, 0.1) is 5.41 Å². The highest BCUT2D eigenvalue weighted by atomic mass is 16.4. The van der Waals surface area contributed by atoms with Gasteiger partial charge in [-0.15, -0.1) is 0 Å². The molecule has 0 aromatic rings. The minimum absolute atomic E-state index is 0.175. The highest BCUT2D eigenvalue weighted by molar-refractivity contribution is 5.64. The van der Waals surface area contributed by atoms with Gasteiger partial charge < -0.3 is 15.7 Å². The van der Waals surface area contributed by atoms with Crippen LogP contribution in [0.3, 0.4) is 0 Å². The molecule has 3 N–H and O–H groups in total. The van der Waals surface area contributed by atoms with Crippen LogP contribution in [0.1, 0.15) is 32.6 Å². The van der Waals surface area contributed by atoms with Gasteiger partial charge in [0.05, 0.1) is 0 Å². The molecule has 0 aromatic heterocycles. The predicted octanol–water partition coefficient (Wildman–Crippen LogP) is 1.42. The summed E-state index contributed by atoms with van der Waals surface area (Å²) in [7, 11) is 0. The Kier molecular flexibility index (Phi) is 4.20. The van der Waals surface area contributed by atoms with Crippen molar-refractivity contribution in [3.63, 3.8) is 0 Å². The molecule has 0 bridgehead atoms. The molecule has 0 unspecified atom stereocenters. The van der Waals surface area contributed by atoms with Crippen molar-refractivity contribution in [2.75, 3.05) is 19.6 Å². The number of carboxylic acid groups (broad SMARTS) is 1. The zero-order valence-electron chi connectivity index (χ0n) is 8.81. The Bertz CT molecular complexity index is 189. The summed E-state index contributed by atoms with van der Waals surface area (Å²) in [4.78, 5) is 10.4. The van der Waals surface area contributed by atoms with Crippen LogP contribution in [-0.4, -0.2) is 30.8 Å². The van der Waals surface area contributed by atoms with Gasteiger partial charge in [-0.1, -0.05) is 19.8 Å². The Balaban J connectivity index is 2.40. The van der Waals surface area contributed by atoms with Gasteiger partial charge in [-0.2, -0.15) is 0 Å². The minimum Gasteiger partial charge on any atom is -0.465 e. The van der Waals surface area contributed by atoms with Crippen LogP contribution < -0.4 is 10.6 Å². The molecular weight excluding hydrogens is 180 g/mol. The molecule has 1 saturated heterocycles.